The highest BCUT2D eigenvalue weighted by molar-refractivity contribution is 5.99. The second-order valence-corrected chi connectivity index (χ2v) is 4.79. The van der Waals surface area contributed by atoms with E-state index in [4.69, 9.17) is 4.74 Å². The van der Waals surface area contributed by atoms with Gasteiger partial charge in [0.05, 0.1) is 7.11 Å². The maximum Gasteiger partial charge on any atom is 0.324 e. The van der Waals surface area contributed by atoms with Gasteiger partial charge in [-0.3, -0.25) is 10.4 Å². The predicted molar refractivity (Wildman–Crippen MR) is 76.2 cm³/mol. The molecule has 1 aromatic carbocycles. The number of aromatic nitrogens is 2. The molecule has 6 nitrogen and oxygen atoms in total. The number of ether oxygens (including phenoxy) is 1. The summed E-state index contributed by atoms with van der Waals surface area (Å²) in [7, 11) is 1.59. The molecule has 0 aliphatic heterocycles. The molecule has 0 radical (unpaired) electrons. The van der Waals surface area contributed by atoms with E-state index in [1.807, 2.05) is 18.2 Å². The van der Waals surface area contributed by atoms with Gasteiger partial charge in [-0.05, 0) is 25.0 Å². The number of hydrogen-bond acceptors (Lipinski definition) is 3. The first-order valence-electron chi connectivity index (χ1n) is 6.52. The van der Waals surface area contributed by atoms with Gasteiger partial charge in [-0.1, -0.05) is 6.07 Å². The Morgan fingerprint density at radius 3 is 2.95 bits per heavy atom. The molecule has 1 fully saturated rings. The lowest BCUT2D eigenvalue weighted by Gasteiger charge is -2.06. The van der Waals surface area contributed by atoms with E-state index in [1.165, 1.54) is 12.8 Å². The van der Waals surface area contributed by atoms with Crippen LogP contribution in [0.4, 0.5) is 16.3 Å². The van der Waals surface area contributed by atoms with Gasteiger partial charge in [0.25, 0.3) is 0 Å². The Morgan fingerprint density at radius 2 is 2.20 bits per heavy atom. The number of H-pyrrole nitrogens is 1. The van der Waals surface area contributed by atoms with E-state index in [-0.39, 0.29) is 6.03 Å². The second-order valence-electron chi connectivity index (χ2n) is 4.79. The molecule has 1 heterocycles. The number of amides is 2. The molecule has 0 bridgehead atoms. The van der Waals surface area contributed by atoms with Crippen molar-refractivity contribution in [2.75, 3.05) is 17.7 Å². The molecule has 2 aromatic rings. The molecule has 3 rings (SSSR count). The molecule has 3 N–H and O–H groups in total. The normalized spacial score (nSPS) is 13.8. The van der Waals surface area contributed by atoms with Gasteiger partial charge in [-0.25, -0.2) is 4.79 Å². The fourth-order valence-corrected chi connectivity index (χ4v) is 1.98. The molecule has 0 unspecified atom stereocenters. The van der Waals surface area contributed by atoms with Crippen LogP contribution in [0.1, 0.15) is 24.5 Å². The summed E-state index contributed by atoms with van der Waals surface area (Å²) < 4.78 is 5.10. The number of nitrogens with zero attached hydrogens (tertiary/aromatic N) is 1. The number of aromatic amines is 1. The fourth-order valence-electron chi connectivity index (χ4n) is 1.98. The minimum atomic E-state index is -0.327. The maximum absolute atomic E-state index is 11.9. The third-order valence-corrected chi connectivity index (χ3v) is 3.18. The number of nitrogens with one attached hydrogen (secondary N) is 3. The Labute approximate surface area is 116 Å². The van der Waals surface area contributed by atoms with Crippen LogP contribution in [0, 0.1) is 0 Å². The van der Waals surface area contributed by atoms with Crippen molar-refractivity contribution in [3.05, 3.63) is 36.0 Å². The molecule has 6 heteroatoms. The highest BCUT2D eigenvalue weighted by atomic mass is 16.5. The number of hydrogen-bond donors (Lipinski definition) is 3. The first-order valence-corrected chi connectivity index (χ1v) is 6.52. The van der Waals surface area contributed by atoms with E-state index in [0.717, 1.165) is 5.69 Å². The Kier molecular flexibility index (Phi) is 3.28. The molecule has 0 saturated heterocycles. The number of benzene rings is 1. The van der Waals surface area contributed by atoms with Crippen LogP contribution in [0.15, 0.2) is 30.3 Å². The molecule has 1 aromatic heterocycles. The van der Waals surface area contributed by atoms with E-state index in [9.17, 15) is 4.79 Å². The van der Waals surface area contributed by atoms with Crippen LogP contribution >= 0.6 is 0 Å². The van der Waals surface area contributed by atoms with Crippen molar-refractivity contribution >= 4 is 17.5 Å². The lowest BCUT2D eigenvalue weighted by molar-refractivity contribution is 0.262. The van der Waals surface area contributed by atoms with Crippen LogP contribution in [0.2, 0.25) is 0 Å². The van der Waals surface area contributed by atoms with Gasteiger partial charge >= 0.3 is 6.03 Å². The van der Waals surface area contributed by atoms with Crippen molar-refractivity contribution < 1.29 is 9.53 Å². The molecule has 1 saturated carbocycles. The maximum atomic E-state index is 11.9. The van der Waals surface area contributed by atoms with Crippen molar-refractivity contribution in [2.45, 2.75) is 18.8 Å². The third kappa shape index (κ3) is 2.90. The summed E-state index contributed by atoms with van der Waals surface area (Å²) in [5, 5.41) is 12.4. The van der Waals surface area contributed by atoms with Gasteiger partial charge in [0.15, 0.2) is 5.82 Å². The summed E-state index contributed by atoms with van der Waals surface area (Å²) in [6, 6.07) is 8.73. The monoisotopic (exact) mass is 272 g/mol. The number of methoxy groups -OCH3 is 1. The number of carbonyl (C=O) groups excluding carboxylic acids is 1. The number of anilines is 2. The first-order chi connectivity index (χ1) is 9.74. The SMILES string of the molecule is COc1cccc(NC(=O)Nc2cc(C3CC3)[nH]n2)c1. The summed E-state index contributed by atoms with van der Waals surface area (Å²) in [5.74, 6) is 1.81. The van der Waals surface area contributed by atoms with Crippen LogP contribution in [-0.2, 0) is 0 Å². The van der Waals surface area contributed by atoms with Crippen molar-refractivity contribution in [1.82, 2.24) is 10.2 Å². The third-order valence-electron chi connectivity index (χ3n) is 3.18. The molecule has 1 aliphatic carbocycles. The minimum Gasteiger partial charge on any atom is -0.497 e. The first kappa shape index (κ1) is 12.5. The largest absolute Gasteiger partial charge is 0.497 e. The van der Waals surface area contributed by atoms with Crippen molar-refractivity contribution in [3.63, 3.8) is 0 Å². The zero-order valence-corrected chi connectivity index (χ0v) is 11.1. The van der Waals surface area contributed by atoms with Gasteiger partial charge in [0, 0.05) is 29.4 Å². The molecular weight excluding hydrogens is 256 g/mol. The van der Waals surface area contributed by atoms with Crippen LogP contribution in [0.3, 0.4) is 0 Å². The van der Waals surface area contributed by atoms with E-state index in [1.54, 1.807) is 19.2 Å². The molecule has 20 heavy (non-hydrogen) atoms. The summed E-state index contributed by atoms with van der Waals surface area (Å²) in [5.41, 5.74) is 1.75. The lowest BCUT2D eigenvalue weighted by Crippen LogP contribution is -2.19. The van der Waals surface area contributed by atoms with E-state index < -0.39 is 0 Å². The average Bonchev–Trinajstić information content (AvgIpc) is 3.20. The summed E-state index contributed by atoms with van der Waals surface area (Å²) >= 11 is 0. The average molecular weight is 272 g/mol. The van der Waals surface area contributed by atoms with Gasteiger partial charge in [-0.15, -0.1) is 0 Å². The van der Waals surface area contributed by atoms with Crippen LogP contribution in [0.25, 0.3) is 0 Å². The Hall–Kier alpha value is -2.50. The molecule has 104 valence electrons. The van der Waals surface area contributed by atoms with Crippen LogP contribution in [0.5, 0.6) is 5.75 Å². The highest BCUT2D eigenvalue weighted by Crippen LogP contribution is 2.39. The van der Waals surface area contributed by atoms with Crippen molar-refractivity contribution in [3.8, 4) is 5.75 Å². The highest BCUT2D eigenvalue weighted by Gasteiger charge is 2.25. The van der Waals surface area contributed by atoms with E-state index in [2.05, 4.69) is 20.8 Å². The van der Waals surface area contributed by atoms with Gasteiger partial charge < -0.3 is 10.1 Å². The summed E-state index contributed by atoms with van der Waals surface area (Å²) in [4.78, 5) is 11.9. The minimum absolute atomic E-state index is 0.327. The zero-order chi connectivity index (χ0) is 13.9. The second kappa shape index (κ2) is 5.24. The summed E-state index contributed by atoms with van der Waals surface area (Å²) in [6.45, 7) is 0. The quantitative estimate of drug-likeness (QED) is 0.800. The number of urea groups is 1. The predicted octanol–water partition coefficient (Wildman–Crippen LogP) is 2.94. The van der Waals surface area contributed by atoms with Gasteiger partial charge in [0.1, 0.15) is 5.75 Å². The zero-order valence-electron chi connectivity index (χ0n) is 11.1. The van der Waals surface area contributed by atoms with E-state index >= 15 is 0 Å². The van der Waals surface area contributed by atoms with Gasteiger partial charge in [-0.2, -0.15) is 5.10 Å². The molecule has 1 aliphatic rings. The van der Waals surface area contributed by atoms with Crippen molar-refractivity contribution in [1.29, 1.82) is 0 Å². The Balaban J connectivity index is 1.60. The fraction of sp³-hybridized carbons (Fsp3) is 0.286. The molecule has 0 spiro atoms. The van der Waals surface area contributed by atoms with Crippen molar-refractivity contribution in [2.24, 2.45) is 0 Å². The number of rotatable bonds is 4. The Morgan fingerprint density at radius 1 is 1.35 bits per heavy atom. The number of carbonyl (C=O) groups is 1. The van der Waals surface area contributed by atoms with Crippen LogP contribution in [-0.4, -0.2) is 23.3 Å². The van der Waals surface area contributed by atoms with Crippen LogP contribution < -0.4 is 15.4 Å². The molecule has 0 atom stereocenters. The smallest absolute Gasteiger partial charge is 0.324 e. The molecule has 2 amide bonds. The topological polar surface area (TPSA) is 79.0 Å². The Bertz CT molecular complexity index is 619. The summed E-state index contributed by atoms with van der Waals surface area (Å²) in [6.07, 6.45) is 2.38. The molecular formula is C14H16N4O2. The standard InChI is InChI=1S/C14H16N4O2/c1-20-11-4-2-3-10(7-11)15-14(19)16-13-8-12(17-18-13)9-5-6-9/h2-4,7-9H,5-6H2,1H3,(H3,15,16,17,18,19). The van der Waals surface area contributed by atoms with Gasteiger partial charge in [0.2, 0.25) is 0 Å². The van der Waals surface area contributed by atoms with E-state index in [0.29, 0.717) is 23.2 Å². The lowest BCUT2D eigenvalue weighted by atomic mass is 10.3.